The van der Waals surface area contributed by atoms with Gasteiger partial charge in [0, 0.05) is 19.6 Å². The van der Waals surface area contributed by atoms with E-state index in [1.54, 1.807) is 0 Å². The molecule has 1 fully saturated rings. The average molecular weight is 258 g/mol. The van der Waals surface area contributed by atoms with Gasteiger partial charge in [0.2, 0.25) is 0 Å². The van der Waals surface area contributed by atoms with Gasteiger partial charge in [-0.15, -0.1) is 0 Å². The molecule has 0 bridgehead atoms. The Balaban J connectivity index is 2.22. The van der Waals surface area contributed by atoms with Crippen molar-refractivity contribution in [1.82, 2.24) is 9.80 Å². The summed E-state index contributed by atoms with van der Waals surface area (Å²) in [7, 11) is 0. The van der Waals surface area contributed by atoms with Crippen molar-refractivity contribution in [1.29, 1.82) is 0 Å². The van der Waals surface area contributed by atoms with Gasteiger partial charge in [-0.3, -0.25) is 0 Å². The number of carbonyl (C=O) groups excluding carboxylic acids is 1. The zero-order valence-electron chi connectivity index (χ0n) is 12.0. The third kappa shape index (κ3) is 2.65. The molecule has 1 aromatic carbocycles. The molecule has 1 aliphatic rings. The second-order valence-corrected chi connectivity index (χ2v) is 5.14. The van der Waals surface area contributed by atoms with Crippen molar-refractivity contribution in [3.05, 3.63) is 42.0 Å². The van der Waals surface area contributed by atoms with Gasteiger partial charge in [0.05, 0.1) is 5.54 Å². The summed E-state index contributed by atoms with van der Waals surface area (Å²) in [4.78, 5) is 16.1. The Morgan fingerprint density at radius 1 is 1.21 bits per heavy atom. The van der Waals surface area contributed by atoms with E-state index in [4.69, 9.17) is 0 Å². The van der Waals surface area contributed by atoms with E-state index < -0.39 is 0 Å². The molecule has 1 unspecified atom stereocenters. The Bertz CT molecular complexity index is 469. The van der Waals surface area contributed by atoms with Crippen LogP contribution in [0.3, 0.4) is 0 Å². The maximum Gasteiger partial charge on any atom is 0.320 e. The van der Waals surface area contributed by atoms with E-state index in [2.05, 4.69) is 31.2 Å². The summed E-state index contributed by atoms with van der Waals surface area (Å²) in [5.74, 6) is 0. The van der Waals surface area contributed by atoms with E-state index in [1.807, 2.05) is 41.8 Å². The highest BCUT2D eigenvalue weighted by Crippen LogP contribution is 2.28. The largest absolute Gasteiger partial charge is 0.322 e. The number of rotatable bonds is 4. The fourth-order valence-corrected chi connectivity index (χ4v) is 2.65. The highest BCUT2D eigenvalue weighted by molar-refractivity contribution is 5.79. The van der Waals surface area contributed by atoms with Gasteiger partial charge in [-0.1, -0.05) is 42.5 Å². The van der Waals surface area contributed by atoms with Gasteiger partial charge in [-0.05, 0) is 26.3 Å². The SMILES string of the molecule is CCN1CC(C)(/C=C/c2ccccc2)N(CC)C1=O. The number of hydrogen-bond acceptors (Lipinski definition) is 1. The smallest absolute Gasteiger partial charge is 0.320 e. The first-order valence-electron chi connectivity index (χ1n) is 6.91. The molecule has 1 heterocycles. The minimum atomic E-state index is -0.211. The third-order valence-corrected chi connectivity index (χ3v) is 3.76. The first-order chi connectivity index (χ1) is 9.10. The fraction of sp³-hybridized carbons (Fsp3) is 0.438. The fourth-order valence-electron chi connectivity index (χ4n) is 2.65. The Morgan fingerprint density at radius 3 is 2.47 bits per heavy atom. The van der Waals surface area contributed by atoms with Gasteiger partial charge >= 0.3 is 6.03 Å². The molecule has 2 amide bonds. The Labute approximate surface area is 115 Å². The predicted molar refractivity (Wildman–Crippen MR) is 78.9 cm³/mol. The lowest BCUT2D eigenvalue weighted by Crippen LogP contribution is -2.42. The van der Waals surface area contributed by atoms with E-state index >= 15 is 0 Å². The monoisotopic (exact) mass is 258 g/mol. The third-order valence-electron chi connectivity index (χ3n) is 3.76. The molecule has 19 heavy (non-hydrogen) atoms. The molecule has 0 aromatic heterocycles. The van der Waals surface area contributed by atoms with Gasteiger partial charge < -0.3 is 9.80 Å². The van der Waals surface area contributed by atoms with Gasteiger partial charge in [0.25, 0.3) is 0 Å². The van der Waals surface area contributed by atoms with E-state index in [1.165, 1.54) is 5.56 Å². The zero-order valence-corrected chi connectivity index (χ0v) is 12.0. The van der Waals surface area contributed by atoms with Crippen LogP contribution in [0, 0.1) is 0 Å². The minimum Gasteiger partial charge on any atom is -0.322 e. The molecule has 0 spiro atoms. The number of benzene rings is 1. The van der Waals surface area contributed by atoms with Crippen LogP contribution in [0.25, 0.3) is 6.08 Å². The van der Waals surface area contributed by atoms with Crippen molar-refractivity contribution in [2.75, 3.05) is 19.6 Å². The quantitative estimate of drug-likeness (QED) is 0.813. The Morgan fingerprint density at radius 2 is 1.89 bits per heavy atom. The lowest BCUT2D eigenvalue weighted by Gasteiger charge is -2.29. The molecule has 0 aliphatic carbocycles. The molecule has 102 valence electrons. The summed E-state index contributed by atoms with van der Waals surface area (Å²) >= 11 is 0. The van der Waals surface area contributed by atoms with E-state index in [-0.39, 0.29) is 11.6 Å². The molecule has 0 saturated carbocycles. The van der Waals surface area contributed by atoms with Gasteiger partial charge in [-0.25, -0.2) is 4.79 Å². The van der Waals surface area contributed by atoms with Crippen LogP contribution < -0.4 is 0 Å². The number of likely N-dealkylation sites (N-methyl/N-ethyl adjacent to an activating group) is 2. The van der Waals surface area contributed by atoms with Crippen LogP contribution in [-0.4, -0.2) is 41.0 Å². The highest BCUT2D eigenvalue weighted by atomic mass is 16.2. The summed E-state index contributed by atoms with van der Waals surface area (Å²) in [6.07, 6.45) is 4.26. The van der Waals surface area contributed by atoms with Crippen molar-refractivity contribution in [3.8, 4) is 0 Å². The summed E-state index contributed by atoms with van der Waals surface area (Å²) in [5.41, 5.74) is 0.958. The van der Waals surface area contributed by atoms with Crippen LogP contribution in [0.15, 0.2) is 36.4 Å². The summed E-state index contributed by atoms with van der Waals surface area (Å²) in [6.45, 7) is 8.46. The molecular formula is C16H22N2O. The number of hydrogen-bond donors (Lipinski definition) is 0. The minimum absolute atomic E-state index is 0.144. The predicted octanol–water partition coefficient (Wildman–Crippen LogP) is 3.24. The lowest BCUT2D eigenvalue weighted by molar-refractivity contribution is 0.183. The highest BCUT2D eigenvalue weighted by Gasteiger charge is 2.42. The number of nitrogens with zero attached hydrogens (tertiary/aromatic N) is 2. The first kappa shape index (κ1) is 13.7. The van der Waals surface area contributed by atoms with Crippen molar-refractivity contribution in [3.63, 3.8) is 0 Å². The standard InChI is InChI=1S/C16H22N2O/c1-4-17-13-16(3,18(5-2)15(17)19)12-11-14-9-7-6-8-10-14/h6-12H,4-5,13H2,1-3H3/b12-11+. The molecule has 1 aliphatic heterocycles. The second-order valence-electron chi connectivity index (χ2n) is 5.14. The molecule has 3 nitrogen and oxygen atoms in total. The van der Waals surface area contributed by atoms with Gasteiger partial charge in [0.15, 0.2) is 0 Å². The molecule has 0 N–H and O–H groups in total. The van der Waals surface area contributed by atoms with E-state index in [0.717, 1.165) is 19.6 Å². The maximum absolute atomic E-state index is 12.2. The average Bonchev–Trinajstić information content (AvgIpc) is 2.69. The Hall–Kier alpha value is -1.77. The van der Waals surface area contributed by atoms with Crippen LogP contribution in [0.2, 0.25) is 0 Å². The molecular weight excluding hydrogens is 236 g/mol. The van der Waals surface area contributed by atoms with Gasteiger partial charge in [0.1, 0.15) is 0 Å². The molecule has 0 radical (unpaired) electrons. The number of urea groups is 1. The van der Waals surface area contributed by atoms with Crippen LogP contribution in [0.5, 0.6) is 0 Å². The van der Waals surface area contributed by atoms with Crippen molar-refractivity contribution in [2.45, 2.75) is 26.3 Å². The van der Waals surface area contributed by atoms with Crippen LogP contribution in [0.4, 0.5) is 4.79 Å². The van der Waals surface area contributed by atoms with Crippen LogP contribution >= 0.6 is 0 Å². The van der Waals surface area contributed by atoms with E-state index in [0.29, 0.717) is 0 Å². The number of carbonyl (C=O) groups is 1. The van der Waals surface area contributed by atoms with Crippen molar-refractivity contribution < 1.29 is 4.79 Å². The molecule has 1 atom stereocenters. The van der Waals surface area contributed by atoms with Gasteiger partial charge in [-0.2, -0.15) is 0 Å². The molecule has 3 heteroatoms. The molecule has 1 aromatic rings. The van der Waals surface area contributed by atoms with E-state index in [9.17, 15) is 4.79 Å². The summed E-state index contributed by atoms with van der Waals surface area (Å²) in [6, 6.07) is 10.4. The molecule has 2 rings (SSSR count). The maximum atomic E-state index is 12.2. The summed E-state index contributed by atoms with van der Waals surface area (Å²) < 4.78 is 0. The lowest BCUT2D eigenvalue weighted by atomic mass is 9.99. The normalized spacial score (nSPS) is 23.6. The Kier molecular flexibility index (Phi) is 3.93. The second kappa shape index (κ2) is 5.47. The van der Waals surface area contributed by atoms with Crippen LogP contribution in [0.1, 0.15) is 26.3 Å². The zero-order chi connectivity index (χ0) is 13.9. The topological polar surface area (TPSA) is 23.6 Å². The first-order valence-corrected chi connectivity index (χ1v) is 6.91. The van der Waals surface area contributed by atoms with Crippen LogP contribution in [-0.2, 0) is 0 Å². The number of amides is 2. The molecule has 1 saturated heterocycles. The van der Waals surface area contributed by atoms with Crippen molar-refractivity contribution >= 4 is 12.1 Å². The summed E-state index contributed by atoms with van der Waals surface area (Å²) in [5, 5.41) is 0. The van der Waals surface area contributed by atoms with Crippen molar-refractivity contribution in [2.24, 2.45) is 0 Å².